The number of ketones is 1. The van der Waals surface area contributed by atoms with E-state index in [9.17, 15) is 14.4 Å². The summed E-state index contributed by atoms with van der Waals surface area (Å²) in [5.41, 5.74) is 1.04. The van der Waals surface area contributed by atoms with E-state index in [-0.39, 0.29) is 18.0 Å². The van der Waals surface area contributed by atoms with Crippen LogP contribution in [-0.4, -0.2) is 28.4 Å². The summed E-state index contributed by atoms with van der Waals surface area (Å²) in [5.74, 6) is -0.202. The molecular weight excluding hydrogens is 474 g/mol. The van der Waals surface area contributed by atoms with Crippen molar-refractivity contribution in [2.24, 2.45) is 0 Å². The summed E-state index contributed by atoms with van der Waals surface area (Å²) in [5, 5.41) is 3.14. The monoisotopic (exact) mass is 491 g/mol. The van der Waals surface area contributed by atoms with Gasteiger partial charge in [-0.25, -0.2) is 0 Å². The van der Waals surface area contributed by atoms with E-state index in [1.807, 2.05) is 12.1 Å². The minimum absolute atomic E-state index is 0.0229. The molecule has 2 aromatic heterocycles. The average molecular weight is 492 g/mol. The first-order valence-electron chi connectivity index (χ1n) is 9.67. The molecule has 32 heavy (non-hydrogen) atoms. The smallest absolute Gasteiger partial charge is 0.244 e. The lowest BCUT2D eigenvalue weighted by Gasteiger charge is -2.14. The first-order valence-corrected chi connectivity index (χ1v) is 10.5. The first kappa shape index (κ1) is 21.5. The van der Waals surface area contributed by atoms with Gasteiger partial charge >= 0.3 is 0 Å². The summed E-state index contributed by atoms with van der Waals surface area (Å²) in [6, 6.07) is 15.2. The van der Waals surface area contributed by atoms with Gasteiger partial charge in [-0.05, 0) is 48.5 Å². The molecule has 0 radical (unpaired) electrons. The molecule has 2 aromatic carbocycles. The van der Waals surface area contributed by atoms with Gasteiger partial charge in [0.15, 0.2) is 5.78 Å². The number of hydrogen-bond donors (Lipinski definition) is 1. The van der Waals surface area contributed by atoms with Gasteiger partial charge in [0.1, 0.15) is 12.3 Å². The van der Waals surface area contributed by atoms with Crippen LogP contribution >= 0.6 is 15.9 Å². The molecule has 2 heterocycles. The van der Waals surface area contributed by atoms with Crippen LogP contribution in [0.1, 0.15) is 15.9 Å². The third-order valence-corrected chi connectivity index (χ3v) is 5.45. The number of anilines is 1. The Bertz CT molecular complexity index is 1370. The van der Waals surface area contributed by atoms with Crippen molar-refractivity contribution in [1.29, 1.82) is 0 Å². The predicted octanol–water partition coefficient (Wildman–Crippen LogP) is 4.04. The van der Waals surface area contributed by atoms with Crippen LogP contribution in [0.2, 0.25) is 0 Å². The molecule has 0 aliphatic rings. The highest BCUT2D eigenvalue weighted by molar-refractivity contribution is 9.10. The van der Waals surface area contributed by atoms with Crippen LogP contribution in [0.15, 0.2) is 82.5 Å². The number of hydrogen-bond acceptors (Lipinski definition) is 5. The van der Waals surface area contributed by atoms with Gasteiger partial charge in [0.2, 0.25) is 11.3 Å². The highest BCUT2D eigenvalue weighted by atomic mass is 79.9. The van der Waals surface area contributed by atoms with Gasteiger partial charge < -0.3 is 14.6 Å². The van der Waals surface area contributed by atoms with Crippen molar-refractivity contribution >= 4 is 44.2 Å². The Morgan fingerprint density at radius 3 is 2.47 bits per heavy atom. The van der Waals surface area contributed by atoms with Crippen molar-refractivity contribution in [3.63, 3.8) is 0 Å². The Morgan fingerprint density at radius 2 is 1.78 bits per heavy atom. The van der Waals surface area contributed by atoms with E-state index in [4.69, 9.17) is 4.74 Å². The Balaban J connectivity index is 1.77. The number of rotatable bonds is 6. The third-order valence-electron chi connectivity index (χ3n) is 4.92. The molecule has 7 nitrogen and oxygen atoms in total. The number of methoxy groups -OCH3 is 1. The maximum absolute atomic E-state index is 13.1. The van der Waals surface area contributed by atoms with E-state index >= 15 is 0 Å². The second-order valence-corrected chi connectivity index (χ2v) is 7.92. The lowest BCUT2D eigenvalue weighted by molar-refractivity contribution is -0.116. The molecule has 0 aliphatic heterocycles. The normalized spacial score (nSPS) is 10.7. The lowest BCUT2D eigenvalue weighted by atomic mass is 10.0. The molecular formula is C24H18BrN3O4. The summed E-state index contributed by atoms with van der Waals surface area (Å²) in [6.45, 7) is -0.101. The highest BCUT2D eigenvalue weighted by Gasteiger charge is 2.18. The fourth-order valence-corrected chi connectivity index (χ4v) is 3.60. The molecule has 0 fully saturated rings. The van der Waals surface area contributed by atoms with Crippen LogP contribution in [0.3, 0.4) is 0 Å². The van der Waals surface area contributed by atoms with Crippen LogP contribution in [-0.2, 0) is 11.3 Å². The van der Waals surface area contributed by atoms with Crippen molar-refractivity contribution in [3.8, 4) is 5.75 Å². The quantitative estimate of drug-likeness (QED) is 0.411. The summed E-state index contributed by atoms with van der Waals surface area (Å²) in [7, 11) is 1.52. The average Bonchev–Trinajstić information content (AvgIpc) is 2.82. The summed E-state index contributed by atoms with van der Waals surface area (Å²) in [4.78, 5) is 42.8. The Labute approximate surface area is 191 Å². The van der Waals surface area contributed by atoms with E-state index in [1.165, 1.54) is 25.7 Å². The zero-order valence-corrected chi connectivity index (χ0v) is 18.6. The zero-order valence-electron chi connectivity index (χ0n) is 17.0. The number of carbonyl (C=O) groups is 2. The van der Waals surface area contributed by atoms with E-state index in [1.54, 1.807) is 47.0 Å². The van der Waals surface area contributed by atoms with Gasteiger partial charge in [-0.3, -0.25) is 19.4 Å². The molecule has 160 valence electrons. The maximum Gasteiger partial charge on any atom is 0.244 e. The zero-order chi connectivity index (χ0) is 22.7. The van der Waals surface area contributed by atoms with Gasteiger partial charge in [0.25, 0.3) is 0 Å². The molecule has 0 saturated carbocycles. The van der Waals surface area contributed by atoms with Crippen LogP contribution in [0.5, 0.6) is 5.75 Å². The summed E-state index contributed by atoms with van der Waals surface area (Å²) in [6.07, 6.45) is 4.40. The summed E-state index contributed by atoms with van der Waals surface area (Å²) < 4.78 is 7.76. The van der Waals surface area contributed by atoms with E-state index in [0.717, 1.165) is 4.47 Å². The molecule has 0 atom stereocenters. The number of halogens is 1. The predicted molar refractivity (Wildman–Crippen MR) is 125 cm³/mol. The Morgan fingerprint density at radius 1 is 1.06 bits per heavy atom. The van der Waals surface area contributed by atoms with Gasteiger partial charge in [-0.15, -0.1) is 0 Å². The fraction of sp³-hybridized carbons (Fsp3) is 0.0833. The topological polar surface area (TPSA) is 90.3 Å². The standard InChI is InChI=1S/C24H18BrN3O4/c1-32-18-6-7-19-21(12-18)28(14-22(29)27-17-4-2-16(25)3-5-17)13-20(24(19)31)23(30)15-8-10-26-11-9-15/h2-13H,14H2,1H3,(H,27,29). The van der Waals surface area contributed by atoms with Crippen LogP contribution < -0.4 is 15.5 Å². The van der Waals surface area contributed by atoms with E-state index in [0.29, 0.717) is 27.9 Å². The number of benzene rings is 2. The number of carbonyl (C=O) groups excluding carboxylic acids is 2. The molecule has 1 amide bonds. The van der Waals surface area contributed by atoms with Crippen LogP contribution in [0, 0.1) is 0 Å². The first-order chi connectivity index (χ1) is 15.5. The van der Waals surface area contributed by atoms with Crippen molar-refractivity contribution < 1.29 is 14.3 Å². The van der Waals surface area contributed by atoms with Crippen LogP contribution in [0.4, 0.5) is 5.69 Å². The molecule has 0 spiro atoms. The fourth-order valence-electron chi connectivity index (χ4n) is 3.34. The number of pyridine rings is 2. The molecule has 1 N–H and O–H groups in total. The number of fused-ring (bicyclic) bond motifs is 1. The second-order valence-electron chi connectivity index (χ2n) is 7.00. The Hall–Kier alpha value is -3.78. The largest absolute Gasteiger partial charge is 0.497 e. The summed E-state index contributed by atoms with van der Waals surface area (Å²) >= 11 is 3.36. The number of amides is 1. The number of aromatic nitrogens is 2. The SMILES string of the molecule is COc1ccc2c(=O)c(C(=O)c3ccncc3)cn(CC(=O)Nc3ccc(Br)cc3)c2c1. The van der Waals surface area contributed by atoms with Gasteiger partial charge in [-0.1, -0.05) is 15.9 Å². The minimum atomic E-state index is -0.433. The van der Waals surface area contributed by atoms with Crippen molar-refractivity contribution in [2.45, 2.75) is 6.54 Å². The van der Waals surface area contributed by atoms with E-state index < -0.39 is 11.2 Å². The molecule has 0 unspecified atom stereocenters. The number of ether oxygens (including phenoxy) is 1. The number of nitrogens with zero attached hydrogens (tertiary/aromatic N) is 2. The van der Waals surface area contributed by atoms with E-state index in [2.05, 4.69) is 26.2 Å². The third kappa shape index (κ3) is 4.45. The molecule has 0 saturated heterocycles. The van der Waals surface area contributed by atoms with Crippen molar-refractivity contribution in [3.05, 3.63) is 99.0 Å². The minimum Gasteiger partial charge on any atom is -0.497 e. The Kier molecular flexibility index (Phi) is 6.13. The molecule has 4 rings (SSSR count). The molecule has 0 bridgehead atoms. The van der Waals surface area contributed by atoms with Crippen molar-refractivity contribution in [2.75, 3.05) is 12.4 Å². The van der Waals surface area contributed by atoms with Gasteiger partial charge in [0.05, 0.1) is 18.2 Å². The van der Waals surface area contributed by atoms with Crippen molar-refractivity contribution in [1.82, 2.24) is 9.55 Å². The molecule has 0 aliphatic carbocycles. The van der Waals surface area contributed by atoms with Gasteiger partial charge in [0, 0.05) is 45.8 Å². The molecule has 8 heteroatoms. The number of nitrogens with one attached hydrogen (secondary N) is 1. The molecule has 4 aromatic rings. The van der Waals surface area contributed by atoms with Gasteiger partial charge in [-0.2, -0.15) is 0 Å². The second kappa shape index (κ2) is 9.15. The highest BCUT2D eigenvalue weighted by Crippen LogP contribution is 2.21. The maximum atomic E-state index is 13.1. The van der Waals surface area contributed by atoms with Crippen LogP contribution in [0.25, 0.3) is 10.9 Å². The lowest BCUT2D eigenvalue weighted by Crippen LogP contribution is -2.24.